The molecular weight excluding hydrogens is 246 g/mol. The maximum atomic E-state index is 12.2. The van der Waals surface area contributed by atoms with Crippen LogP contribution in [0.4, 0.5) is 0 Å². The summed E-state index contributed by atoms with van der Waals surface area (Å²) in [5.41, 5.74) is 7.02. The van der Waals surface area contributed by atoms with E-state index >= 15 is 0 Å². The molecule has 1 saturated carbocycles. The number of hydrogen-bond acceptors (Lipinski definition) is 3. The van der Waals surface area contributed by atoms with Gasteiger partial charge in [0.15, 0.2) is 0 Å². The van der Waals surface area contributed by atoms with Gasteiger partial charge in [0.1, 0.15) is 0 Å². The number of nitrogens with zero attached hydrogens (tertiary/aromatic N) is 1. The van der Waals surface area contributed by atoms with Crippen LogP contribution < -0.4 is 11.1 Å². The lowest BCUT2D eigenvalue weighted by atomic mass is 9.68. The molecule has 18 heavy (non-hydrogen) atoms. The Bertz CT molecular complexity index is 483. The fraction of sp³-hybridized carbons (Fsp3) is 0.462. The van der Waals surface area contributed by atoms with Crippen molar-refractivity contribution < 1.29 is 4.79 Å². The van der Waals surface area contributed by atoms with E-state index in [0.717, 1.165) is 30.5 Å². The molecule has 1 amide bonds. The van der Waals surface area contributed by atoms with E-state index < -0.39 is 5.41 Å². The topological polar surface area (TPSA) is 68.0 Å². The number of hydrogen-bond donors (Lipinski definition) is 2. The Morgan fingerprint density at radius 2 is 2.33 bits per heavy atom. The number of aryl methyl sites for hydroxylation is 1. The van der Waals surface area contributed by atoms with Gasteiger partial charge in [-0.25, -0.2) is 0 Å². The van der Waals surface area contributed by atoms with Gasteiger partial charge >= 0.3 is 0 Å². The van der Waals surface area contributed by atoms with Gasteiger partial charge in [-0.2, -0.15) is 0 Å². The summed E-state index contributed by atoms with van der Waals surface area (Å²) >= 11 is 5.02. The third-order valence-corrected chi connectivity index (χ3v) is 4.04. The van der Waals surface area contributed by atoms with E-state index in [4.69, 9.17) is 18.0 Å². The largest absolute Gasteiger partial charge is 0.392 e. The van der Waals surface area contributed by atoms with Crippen LogP contribution in [0.5, 0.6) is 0 Å². The SMILES string of the molecule is Cc1cccnc1CNC(=O)C1(C(N)=S)CCC1. The summed E-state index contributed by atoms with van der Waals surface area (Å²) in [5.74, 6) is -0.0636. The first-order valence-corrected chi connectivity index (χ1v) is 6.46. The average molecular weight is 263 g/mol. The van der Waals surface area contributed by atoms with Gasteiger partial charge in [-0.3, -0.25) is 9.78 Å². The number of carbonyl (C=O) groups is 1. The standard InChI is InChI=1S/C13H17N3OS/c1-9-4-2-7-15-10(9)8-16-12(17)13(11(14)18)5-3-6-13/h2,4,7H,3,5-6,8H2,1H3,(H2,14,18)(H,16,17). The maximum Gasteiger partial charge on any atom is 0.233 e. The van der Waals surface area contributed by atoms with Crippen LogP contribution in [0, 0.1) is 12.3 Å². The Balaban J connectivity index is 2.01. The summed E-state index contributed by atoms with van der Waals surface area (Å²) in [6.07, 6.45) is 4.25. The number of amides is 1. The van der Waals surface area contributed by atoms with Crippen LogP contribution in [-0.4, -0.2) is 15.9 Å². The molecule has 1 aromatic heterocycles. The van der Waals surface area contributed by atoms with E-state index in [9.17, 15) is 4.79 Å². The first kappa shape index (κ1) is 13.0. The van der Waals surface area contributed by atoms with Crippen molar-refractivity contribution in [2.24, 2.45) is 11.1 Å². The van der Waals surface area contributed by atoms with Crippen molar-refractivity contribution in [1.82, 2.24) is 10.3 Å². The van der Waals surface area contributed by atoms with E-state index in [1.807, 2.05) is 19.1 Å². The van der Waals surface area contributed by atoms with E-state index in [1.54, 1.807) is 6.20 Å². The Labute approximate surface area is 112 Å². The molecule has 1 aliphatic carbocycles. The first-order valence-electron chi connectivity index (χ1n) is 6.05. The number of nitrogens with two attached hydrogens (primary N) is 1. The monoisotopic (exact) mass is 263 g/mol. The number of pyridine rings is 1. The number of nitrogens with one attached hydrogen (secondary N) is 1. The molecule has 0 radical (unpaired) electrons. The minimum atomic E-state index is -0.613. The van der Waals surface area contributed by atoms with E-state index in [2.05, 4.69) is 10.3 Å². The van der Waals surface area contributed by atoms with Crippen LogP contribution >= 0.6 is 12.2 Å². The highest BCUT2D eigenvalue weighted by atomic mass is 32.1. The predicted molar refractivity (Wildman–Crippen MR) is 73.9 cm³/mol. The lowest BCUT2D eigenvalue weighted by molar-refractivity contribution is -0.131. The quantitative estimate of drug-likeness (QED) is 0.807. The smallest absolute Gasteiger partial charge is 0.233 e. The first-order chi connectivity index (χ1) is 8.56. The molecule has 96 valence electrons. The van der Waals surface area contributed by atoms with Crippen molar-refractivity contribution in [3.63, 3.8) is 0 Å². The molecule has 0 aliphatic heterocycles. The molecule has 0 spiro atoms. The molecule has 0 saturated heterocycles. The summed E-state index contributed by atoms with van der Waals surface area (Å²) in [5, 5.41) is 2.89. The van der Waals surface area contributed by atoms with Crippen LogP contribution in [0.25, 0.3) is 0 Å². The van der Waals surface area contributed by atoms with Crippen LogP contribution in [0.3, 0.4) is 0 Å². The van der Waals surface area contributed by atoms with Crippen molar-refractivity contribution in [3.05, 3.63) is 29.6 Å². The number of thiocarbonyl (C=S) groups is 1. The summed E-state index contributed by atoms with van der Waals surface area (Å²) in [6.45, 7) is 2.40. The highest BCUT2D eigenvalue weighted by Crippen LogP contribution is 2.41. The zero-order valence-corrected chi connectivity index (χ0v) is 11.2. The molecule has 5 heteroatoms. The molecule has 1 aromatic rings. The number of carbonyl (C=O) groups excluding carboxylic acids is 1. The van der Waals surface area contributed by atoms with Crippen molar-refractivity contribution in [2.75, 3.05) is 0 Å². The maximum absolute atomic E-state index is 12.2. The number of aromatic nitrogens is 1. The second-order valence-corrected chi connectivity index (χ2v) is 5.19. The summed E-state index contributed by atoms with van der Waals surface area (Å²) < 4.78 is 0. The van der Waals surface area contributed by atoms with Gasteiger partial charge in [0.05, 0.1) is 22.6 Å². The lowest BCUT2D eigenvalue weighted by Crippen LogP contribution is -2.53. The van der Waals surface area contributed by atoms with Gasteiger partial charge in [0, 0.05) is 6.20 Å². The third-order valence-electron chi connectivity index (χ3n) is 3.65. The van der Waals surface area contributed by atoms with E-state index in [1.165, 1.54) is 0 Å². The predicted octanol–water partition coefficient (Wildman–Crippen LogP) is 1.46. The molecule has 2 rings (SSSR count). The highest BCUT2D eigenvalue weighted by Gasteiger charge is 2.46. The second kappa shape index (κ2) is 5.02. The second-order valence-electron chi connectivity index (χ2n) is 4.75. The van der Waals surface area contributed by atoms with Gasteiger partial charge in [0.2, 0.25) is 5.91 Å². The molecule has 0 atom stereocenters. The molecule has 1 aliphatic rings. The molecule has 1 heterocycles. The molecule has 1 fully saturated rings. The van der Waals surface area contributed by atoms with Crippen LogP contribution in [0.2, 0.25) is 0 Å². The lowest BCUT2D eigenvalue weighted by Gasteiger charge is -2.39. The van der Waals surface area contributed by atoms with E-state index in [0.29, 0.717) is 11.5 Å². The normalized spacial score (nSPS) is 16.7. The zero-order valence-electron chi connectivity index (χ0n) is 10.4. The summed E-state index contributed by atoms with van der Waals surface area (Å²) in [7, 11) is 0. The number of rotatable bonds is 4. The fourth-order valence-electron chi connectivity index (χ4n) is 2.15. The average Bonchev–Trinajstić information content (AvgIpc) is 2.26. The van der Waals surface area contributed by atoms with Gasteiger partial charge in [-0.1, -0.05) is 24.7 Å². The van der Waals surface area contributed by atoms with E-state index in [-0.39, 0.29) is 5.91 Å². The minimum Gasteiger partial charge on any atom is -0.392 e. The Hall–Kier alpha value is -1.49. The molecular formula is C13H17N3OS. The fourth-order valence-corrected chi connectivity index (χ4v) is 2.45. The van der Waals surface area contributed by atoms with Crippen molar-refractivity contribution in [3.8, 4) is 0 Å². The summed E-state index contributed by atoms with van der Waals surface area (Å²) in [4.78, 5) is 16.7. The molecule has 4 nitrogen and oxygen atoms in total. The van der Waals surface area contributed by atoms with Crippen LogP contribution in [-0.2, 0) is 11.3 Å². The van der Waals surface area contributed by atoms with Crippen molar-refractivity contribution in [1.29, 1.82) is 0 Å². The Morgan fingerprint density at radius 1 is 1.61 bits per heavy atom. The van der Waals surface area contributed by atoms with Crippen molar-refractivity contribution in [2.45, 2.75) is 32.7 Å². The molecule has 0 bridgehead atoms. The highest BCUT2D eigenvalue weighted by molar-refractivity contribution is 7.80. The van der Waals surface area contributed by atoms with Crippen molar-refractivity contribution >= 4 is 23.1 Å². The van der Waals surface area contributed by atoms with Gasteiger partial charge in [-0.15, -0.1) is 0 Å². The Kier molecular flexibility index (Phi) is 3.61. The summed E-state index contributed by atoms with van der Waals surface area (Å²) in [6, 6.07) is 3.85. The Morgan fingerprint density at radius 3 is 2.83 bits per heavy atom. The third kappa shape index (κ3) is 2.22. The zero-order chi connectivity index (χ0) is 13.2. The molecule has 0 unspecified atom stereocenters. The van der Waals surface area contributed by atoms with Gasteiger partial charge in [0.25, 0.3) is 0 Å². The van der Waals surface area contributed by atoms with Gasteiger partial charge in [-0.05, 0) is 31.4 Å². The molecule has 0 aromatic carbocycles. The van der Waals surface area contributed by atoms with Gasteiger partial charge < -0.3 is 11.1 Å². The minimum absolute atomic E-state index is 0.0636. The molecule has 3 N–H and O–H groups in total. The van der Waals surface area contributed by atoms with Crippen LogP contribution in [0.1, 0.15) is 30.5 Å². The van der Waals surface area contributed by atoms with Crippen LogP contribution in [0.15, 0.2) is 18.3 Å².